The van der Waals surface area contributed by atoms with Gasteiger partial charge < -0.3 is 15.6 Å². The Morgan fingerprint density at radius 2 is 2.37 bits per heavy atom. The van der Waals surface area contributed by atoms with E-state index in [1.54, 1.807) is 17.1 Å². The molecule has 1 saturated heterocycles. The van der Waals surface area contributed by atoms with Crippen LogP contribution in [0.2, 0.25) is 0 Å². The van der Waals surface area contributed by atoms with Gasteiger partial charge in [0.1, 0.15) is 5.69 Å². The molecule has 0 bridgehead atoms. The fourth-order valence-electron chi connectivity index (χ4n) is 2.14. The first-order chi connectivity index (χ1) is 9.00. The normalized spacial score (nSPS) is 22.1. The van der Waals surface area contributed by atoms with Crippen LogP contribution in [0.5, 0.6) is 0 Å². The lowest BCUT2D eigenvalue weighted by atomic mass is 10.2. The molecule has 106 valence electrons. The second-order valence-electron chi connectivity index (χ2n) is 4.71. The van der Waals surface area contributed by atoms with Gasteiger partial charge in [-0.2, -0.15) is 0 Å². The van der Waals surface area contributed by atoms with Gasteiger partial charge in [0.05, 0.1) is 17.8 Å². The molecule has 0 radical (unpaired) electrons. The van der Waals surface area contributed by atoms with E-state index in [9.17, 15) is 13.2 Å². The quantitative estimate of drug-likeness (QED) is 0.749. The highest BCUT2D eigenvalue weighted by atomic mass is 32.2. The van der Waals surface area contributed by atoms with Crippen molar-refractivity contribution in [1.82, 2.24) is 14.9 Å². The Hall–Kier alpha value is -1.41. The average molecular weight is 286 g/mol. The van der Waals surface area contributed by atoms with Crippen LogP contribution in [0.15, 0.2) is 12.5 Å². The molecule has 1 aromatic heterocycles. The minimum absolute atomic E-state index is 0.0161. The molecule has 0 spiro atoms. The Balaban J connectivity index is 1.96. The first-order valence-electron chi connectivity index (χ1n) is 6.23. The Morgan fingerprint density at radius 3 is 3.05 bits per heavy atom. The lowest BCUT2D eigenvalue weighted by Gasteiger charge is -2.22. The van der Waals surface area contributed by atoms with Crippen LogP contribution < -0.4 is 11.1 Å². The van der Waals surface area contributed by atoms with Gasteiger partial charge in [-0.15, -0.1) is 0 Å². The molecule has 2 heterocycles. The van der Waals surface area contributed by atoms with Crippen LogP contribution in [0.3, 0.4) is 0 Å². The van der Waals surface area contributed by atoms with E-state index in [0.717, 1.165) is 0 Å². The van der Waals surface area contributed by atoms with Crippen LogP contribution in [0.4, 0.5) is 0 Å². The summed E-state index contributed by atoms with van der Waals surface area (Å²) in [4.78, 5) is 15.9. The maximum atomic E-state index is 11.9. The summed E-state index contributed by atoms with van der Waals surface area (Å²) in [6.45, 7) is 1.07. The average Bonchev–Trinajstić information content (AvgIpc) is 2.77. The number of sulfone groups is 1. The van der Waals surface area contributed by atoms with E-state index in [1.807, 2.05) is 0 Å². The molecule has 8 heteroatoms. The fourth-order valence-corrected chi connectivity index (χ4v) is 3.78. The zero-order chi connectivity index (χ0) is 13.9. The smallest absolute Gasteiger partial charge is 0.271 e. The minimum Gasteiger partial charge on any atom is -0.347 e. The third-order valence-electron chi connectivity index (χ3n) is 3.05. The lowest BCUT2D eigenvalue weighted by Crippen LogP contribution is -2.43. The van der Waals surface area contributed by atoms with Crippen molar-refractivity contribution in [3.8, 4) is 0 Å². The summed E-state index contributed by atoms with van der Waals surface area (Å²) >= 11 is 0. The third kappa shape index (κ3) is 3.77. The number of nitrogens with zero attached hydrogens (tertiary/aromatic N) is 2. The molecule has 0 saturated carbocycles. The first kappa shape index (κ1) is 14.0. The van der Waals surface area contributed by atoms with E-state index >= 15 is 0 Å². The molecular weight excluding hydrogens is 268 g/mol. The number of nitrogens with two attached hydrogens (primary N) is 1. The molecule has 1 aromatic rings. The predicted molar refractivity (Wildman–Crippen MR) is 70.4 cm³/mol. The van der Waals surface area contributed by atoms with E-state index < -0.39 is 9.84 Å². The fraction of sp³-hybridized carbons (Fsp3) is 0.636. The van der Waals surface area contributed by atoms with Crippen molar-refractivity contribution in [3.63, 3.8) is 0 Å². The molecule has 1 aliphatic rings. The summed E-state index contributed by atoms with van der Waals surface area (Å²) in [5.74, 6) is -0.106. The Morgan fingerprint density at radius 1 is 1.58 bits per heavy atom. The van der Waals surface area contributed by atoms with Crippen LogP contribution in [0, 0.1) is 0 Å². The Bertz CT molecular complexity index is 552. The van der Waals surface area contributed by atoms with E-state index in [0.29, 0.717) is 25.9 Å². The van der Waals surface area contributed by atoms with Crippen LogP contribution >= 0.6 is 0 Å². The summed E-state index contributed by atoms with van der Waals surface area (Å²) < 4.78 is 24.7. The summed E-state index contributed by atoms with van der Waals surface area (Å²) in [6.07, 6.45) is 4.43. The molecule has 1 aliphatic heterocycles. The van der Waals surface area contributed by atoms with E-state index in [2.05, 4.69) is 10.3 Å². The van der Waals surface area contributed by atoms with Gasteiger partial charge in [0, 0.05) is 25.3 Å². The van der Waals surface area contributed by atoms with Crippen molar-refractivity contribution in [2.75, 3.05) is 18.1 Å². The van der Waals surface area contributed by atoms with Gasteiger partial charge in [-0.05, 0) is 12.8 Å². The summed E-state index contributed by atoms with van der Waals surface area (Å²) in [5.41, 5.74) is 5.70. The van der Waals surface area contributed by atoms with Crippen molar-refractivity contribution < 1.29 is 13.2 Å². The van der Waals surface area contributed by atoms with Crippen molar-refractivity contribution in [3.05, 3.63) is 18.2 Å². The molecule has 2 rings (SSSR count). The van der Waals surface area contributed by atoms with E-state index in [1.165, 1.54) is 0 Å². The second-order valence-corrected chi connectivity index (χ2v) is 6.94. The Labute approximate surface area is 112 Å². The Kier molecular flexibility index (Phi) is 4.20. The maximum absolute atomic E-state index is 11.9. The van der Waals surface area contributed by atoms with Gasteiger partial charge in [0.25, 0.3) is 5.91 Å². The third-order valence-corrected chi connectivity index (χ3v) is 4.87. The number of carbonyl (C=O) groups is 1. The van der Waals surface area contributed by atoms with Crippen LogP contribution in [-0.4, -0.2) is 48.0 Å². The number of hydrogen-bond acceptors (Lipinski definition) is 5. The van der Waals surface area contributed by atoms with Gasteiger partial charge in [-0.3, -0.25) is 4.79 Å². The molecule has 1 atom stereocenters. The van der Waals surface area contributed by atoms with Gasteiger partial charge in [-0.1, -0.05) is 0 Å². The molecule has 0 aromatic carbocycles. The standard InChI is InChI=1S/C11H18N4O3S/c12-3-4-15-6-10(13-8-15)11(16)14-9-2-1-5-19(17,18)7-9/h6,8-9H,1-5,7,12H2,(H,14,16). The molecule has 1 amide bonds. The van der Waals surface area contributed by atoms with Crippen molar-refractivity contribution in [2.24, 2.45) is 5.73 Å². The zero-order valence-electron chi connectivity index (χ0n) is 10.6. The monoisotopic (exact) mass is 286 g/mol. The van der Waals surface area contributed by atoms with E-state index in [-0.39, 0.29) is 29.1 Å². The van der Waals surface area contributed by atoms with Crippen LogP contribution in [0.1, 0.15) is 23.3 Å². The first-order valence-corrected chi connectivity index (χ1v) is 8.05. The highest BCUT2D eigenvalue weighted by Gasteiger charge is 2.26. The highest BCUT2D eigenvalue weighted by molar-refractivity contribution is 7.91. The number of carbonyl (C=O) groups excluding carboxylic acids is 1. The van der Waals surface area contributed by atoms with Crippen molar-refractivity contribution in [1.29, 1.82) is 0 Å². The second kappa shape index (κ2) is 5.70. The number of rotatable bonds is 4. The molecular formula is C11H18N4O3S. The topological polar surface area (TPSA) is 107 Å². The van der Waals surface area contributed by atoms with Crippen LogP contribution in [-0.2, 0) is 16.4 Å². The minimum atomic E-state index is -3.02. The van der Waals surface area contributed by atoms with Gasteiger partial charge in [0.15, 0.2) is 9.84 Å². The molecule has 19 heavy (non-hydrogen) atoms. The summed E-state index contributed by atoms with van der Waals surface area (Å²) in [6, 6.07) is -0.314. The highest BCUT2D eigenvalue weighted by Crippen LogP contribution is 2.12. The zero-order valence-corrected chi connectivity index (χ0v) is 11.4. The van der Waals surface area contributed by atoms with Gasteiger partial charge in [0.2, 0.25) is 0 Å². The number of hydrogen-bond donors (Lipinski definition) is 2. The lowest BCUT2D eigenvalue weighted by molar-refractivity contribution is 0.0933. The maximum Gasteiger partial charge on any atom is 0.271 e. The van der Waals surface area contributed by atoms with Crippen LogP contribution in [0.25, 0.3) is 0 Å². The molecule has 0 aliphatic carbocycles. The van der Waals surface area contributed by atoms with Gasteiger partial charge in [-0.25, -0.2) is 13.4 Å². The predicted octanol–water partition coefficient (Wildman–Crippen LogP) is -0.851. The van der Waals surface area contributed by atoms with E-state index in [4.69, 9.17) is 5.73 Å². The number of imidazole rings is 1. The molecule has 1 unspecified atom stereocenters. The molecule has 1 fully saturated rings. The van der Waals surface area contributed by atoms with Crippen molar-refractivity contribution >= 4 is 15.7 Å². The number of aromatic nitrogens is 2. The summed E-state index contributed by atoms with van der Waals surface area (Å²) in [5, 5.41) is 2.72. The summed E-state index contributed by atoms with van der Waals surface area (Å²) in [7, 11) is -3.02. The molecule has 3 N–H and O–H groups in total. The number of amides is 1. The number of nitrogens with one attached hydrogen (secondary N) is 1. The van der Waals surface area contributed by atoms with Gasteiger partial charge >= 0.3 is 0 Å². The molecule has 7 nitrogen and oxygen atoms in total. The van der Waals surface area contributed by atoms with Crippen molar-refractivity contribution in [2.45, 2.75) is 25.4 Å². The largest absolute Gasteiger partial charge is 0.347 e. The SMILES string of the molecule is NCCn1cnc(C(=O)NC2CCCS(=O)(=O)C2)c1.